The van der Waals surface area contributed by atoms with Crippen molar-refractivity contribution in [2.75, 3.05) is 0 Å². The predicted molar refractivity (Wildman–Crippen MR) is 100.0 cm³/mol. The minimum atomic E-state index is -0.314. The number of benzene rings is 1. The van der Waals surface area contributed by atoms with Crippen molar-refractivity contribution in [3.8, 4) is 22.6 Å². The van der Waals surface area contributed by atoms with Crippen LogP contribution in [0.4, 0.5) is 4.39 Å². The minimum Gasteiger partial charge on any atom is -0.343 e. The number of pyridine rings is 2. The fraction of sp³-hybridized carbons (Fsp3) is 0.0556. The summed E-state index contributed by atoms with van der Waals surface area (Å²) in [5.41, 5.74) is 4.50. The maximum atomic E-state index is 13.5. The number of nitrogens with one attached hydrogen (secondary N) is 1. The number of hydrogen-bond donors (Lipinski definition) is 1. The summed E-state index contributed by atoms with van der Waals surface area (Å²) in [4.78, 5) is 16.3. The van der Waals surface area contributed by atoms with E-state index in [1.807, 2.05) is 18.3 Å². The van der Waals surface area contributed by atoms with E-state index in [-0.39, 0.29) is 5.82 Å². The molecule has 0 saturated heterocycles. The van der Waals surface area contributed by atoms with Crippen LogP contribution >= 0.6 is 22.6 Å². The molecule has 1 aromatic carbocycles. The third kappa shape index (κ3) is 2.66. The highest BCUT2D eigenvalue weighted by atomic mass is 127. The Balaban J connectivity index is 1.86. The van der Waals surface area contributed by atoms with E-state index >= 15 is 0 Å². The van der Waals surface area contributed by atoms with Gasteiger partial charge in [0.25, 0.3) is 0 Å². The Morgan fingerprint density at radius 1 is 1.08 bits per heavy atom. The van der Waals surface area contributed by atoms with Crippen LogP contribution in [0.15, 0.2) is 48.9 Å². The van der Waals surface area contributed by atoms with Gasteiger partial charge < -0.3 is 4.98 Å². The summed E-state index contributed by atoms with van der Waals surface area (Å²) in [6.45, 7) is 1.65. The molecule has 118 valence electrons. The van der Waals surface area contributed by atoms with Crippen molar-refractivity contribution in [2.45, 2.75) is 6.92 Å². The van der Waals surface area contributed by atoms with Gasteiger partial charge in [0, 0.05) is 20.7 Å². The highest BCUT2D eigenvalue weighted by Gasteiger charge is 2.13. The van der Waals surface area contributed by atoms with E-state index in [1.165, 1.54) is 6.07 Å². The number of rotatable bonds is 2. The van der Waals surface area contributed by atoms with Gasteiger partial charge in [0.1, 0.15) is 5.82 Å². The van der Waals surface area contributed by atoms with Gasteiger partial charge in [-0.1, -0.05) is 6.07 Å². The molecular formula is C18H12FIN4. The molecule has 4 rings (SSSR count). The lowest BCUT2D eigenvalue weighted by molar-refractivity contribution is 0.610. The van der Waals surface area contributed by atoms with Crippen LogP contribution in [0.3, 0.4) is 0 Å². The maximum absolute atomic E-state index is 13.5. The van der Waals surface area contributed by atoms with Gasteiger partial charge in [-0.2, -0.15) is 0 Å². The Morgan fingerprint density at radius 2 is 1.96 bits per heavy atom. The van der Waals surface area contributed by atoms with Gasteiger partial charge in [-0.05, 0) is 59.8 Å². The third-order valence-electron chi connectivity index (χ3n) is 3.84. The summed E-state index contributed by atoms with van der Waals surface area (Å²) in [6, 6.07) is 11.2. The van der Waals surface area contributed by atoms with Gasteiger partial charge in [-0.15, -0.1) is 0 Å². The summed E-state index contributed by atoms with van der Waals surface area (Å²) in [5, 5.41) is 1.05. The summed E-state index contributed by atoms with van der Waals surface area (Å²) >= 11 is 2.25. The lowest BCUT2D eigenvalue weighted by atomic mass is 10.1. The first-order valence-electron chi connectivity index (χ1n) is 7.34. The average molecular weight is 430 g/mol. The number of imidazole rings is 1. The number of nitrogens with zero attached hydrogens (tertiary/aromatic N) is 3. The van der Waals surface area contributed by atoms with Gasteiger partial charge in [-0.25, -0.2) is 14.4 Å². The number of hydrogen-bond acceptors (Lipinski definition) is 3. The van der Waals surface area contributed by atoms with Crippen LogP contribution in [0.1, 0.15) is 5.69 Å². The average Bonchev–Trinajstić information content (AvgIpc) is 3.06. The quantitative estimate of drug-likeness (QED) is 0.468. The van der Waals surface area contributed by atoms with Crippen LogP contribution in [0, 0.1) is 16.3 Å². The van der Waals surface area contributed by atoms with Crippen LogP contribution in [-0.2, 0) is 0 Å². The van der Waals surface area contributed by atoms with Gasteiger partial charge in [0.05, 0.1) is 34.6 Å². The molecule has 0 saturated carbocycles. The second-order valence-electron chi connectivity index (χ2n) is 5.45. The Kier molecular flexibility index (Phi) is 3.76. The summed E-state index contributed by atoms with van der Waals surface area (Å²) in [5.74, 6) is -0.314. The van der Waals surface area contributed by atoms with Crippen molar-refractivity contribution in [3.63, 3.8) is 0 Å². The highest BCUT2D eigenvalue weighted by Crippen LogP contribution is 2.30. The van der Waals surface area contributed by atoms with Crippen LogP contribution in [-0.4, -0.2) is 19.9 Å². The Morgan fingerprint density at radius 3 is 2.79 bits per heavy atom. The third-order valence-corrected chi connectivity index (χ3v) is 4.43. The molecule has 0 unspecified atom stereocenters. The van der Waals surface area contributed by atoms with Crippen molar-refractivity contribution in [2.24, 2.45) is 0 Å². The number of halogens is 2. The predicted octanol–water partition coefficient (Wildman–Crippen LogP) is 4.74. The zero-order valence-electron chi connectivity index (χ0n) is 12.7. The first kappa shape index (κ1) is 15.2. The van der Waals surface area contributed by atoms with E-state index in [1.54, 1.807) is 19.3 Å². The smallest absolute Gasteiger partial charge is 0.144 e. The molecular weight excluding hydrogens is 418 g/mol. The first-order chi connectivity index (χ1) is 11.6. The molecule has 0 aliphatic carbocycles. The van der Waals surface area contributed by atoms with Gasteiger partial charge in [0.15, 0.2) is 0 Å². The number of aryl methyl sites for hydroxylation is 1. The molecule has 0 aliphatic rings. The molecule has 3 aromatic heterocycles. The molecule has 3 heterocycles. The minimum absolute atomic E-state index is 0.314. The van der Waals surface area contributed by atoms with Crippen LogP contribution < -0.4 is 0 Å². The zero-order chi connectivity index (χ0) is 16.7. The largest absolute Gasteiger partial charge is 0.343 e. The number of fused-ring (bicyclic) bond motifs is 1. The SMILES string of the molecule is Cc1nc(-c2[nH]cnc2-c2ccc3ncc(I)cc3c2)ccc1F. The molecule has 0 spiro atoms. The van der Waals surface area contributed by atoms with E-state index in [0.717, 1.165) is 31.4 Å². The fourth-order valence-electron chi connectivity index (χ4n) is 2.64. The topological polar surface area (TPSA) is 54.5 Å². The molecule has 4 nitrogen and oxygen atoms in total. The van der Waals surface area contributed by atoms with E-state index in [9.17, 15) is 4.39 Å². The van der Waals surface area contributed by atoms with Crippen molar-refractivity contribution >= 4 is 33.5 Å². The second kappa shape index (κ2) is 5.94. The highest BCUT2D eigenvalue weighted by molar-refractivity contribution is 14.1. The number of aromatic amines is 1. The van der Waals surface area contributed by atoms with Gasteiger partial charge in [0.2, 0.25) is 0 Å². The van der Waals surface area contributed by atoms with E-state index in [0.29, 0.717) is 11.4 Å². The number of H-pyrrole nitrogens is 1. The molecule has 0 aliphatic heterocycles. The Hall–Kier alpha value is -2.35. The maximum Gasteiger partial charge on any atom is 0.144 e. The van der Waals surface area contributed by atoms with E-state index in [2.05, 4.69) is 54.7 Å². The van der Waals surface area contributed by atoms with Crippen LogP contribution in [0.25, 0.3) is 33.5 Å². The van der Waals surface area contributed by atoms with E-state index in [4.69, 9.17) is 0 Å². The van der Waals surface area contributed by atoms with Crippen LogP contribution in [0.5, 0.6) is 0 Å². The standard InChI is InChI=1S/C18H12FIN4/c1-10-14(19)3-5-16(24-10)18-17(22-9-23-18)11-2-4-15-12(6-11)7-13(20)8-21-15/h2-9H,1H3,(H,22,23). The molecule has 24 heavy (non-hydrogen) atoms. The second-order valence-corrected chi connectivity index (χ2v) is 6.70. The lowest BCUT2D eigenvalue weighted by Crippen LogP contribution is -1.93. The van der Waals surface area contributed by atoms with Crippen molar-refractivity contribution < 1.29 is 4.39 Å². The fourth-order valence-corrected chi connectivity index (χ4v) is 3.12. The summed E-state index contributed by atoms with van der Waals surface area (Å²) in [6.07, 6.45) is 3.47. The molecule has 4 aromatic rings. The molecule has 0 amide bonds. The van der Waals surface area contributed by atoms with Gasteiger partial charge in [-0.3, -0.25) is 4.98 Å². The lowest BCUT2D eigenvalue weighted by Gasteiger charge is -2.06. The zero-order valence-corrected chi connectivity index (χ0v) is 14.9. The molecule has 0 radical (unpaired) electrons. The van der Waals surface area contributed by atoms with Crippen molar-refractivity contribution in [3.05, 3.63) is 64.0 Å². The molecule has 1 N–H and O–H groups in total. The summed E-state index contributed by atoms with van der Waals surface area (Å²) < 4.78 is 14.6. The van der Waals surface area contributed by atoms with E-state index < -0.39 is 0 Å². The Bertz CT molecular complexity index is 1060. The summed E-state index contributed by atoms with van der Waals surface area (Å²) in [7, 11) is 0. The Labute approximate surface area is 151 Å². The van der Waals surface area contributed by atoms with Crippen LogP contribution in [0.2, 0.25) is 0 Å². The van der Waals surface area contributed by atoms with Gasteiger partial charge >= 0.3 is 0 Å². The normalized spacial score (nSPS) is 11.1. The van der Waals surface area contributed by atoms with Crippen molar-refractivity contribution in [1.82, 2.24) is 19.9 Å². The number of aromatic nitrogens is 4. The molecule has 0 fully saturated rings. The monoisotopic (exact) mass is 430 g/mol. The molecule has 6 heteroatoms. The van der Waals surface area contributed by atoms with Crippen molar-refractivity contribution in [1.29, 1.82) is 0 Å². The molecule has 0 atom stereocenters. The first-order valence-corrected chi connectivity index (χ1v) is 8.42. The molecule has 0 bridgehead atoms.